The summed E-state index contributed by atoms with van der Waals surface area (Å²) in [5.41, 5.74) is 1.14. The van der Waals surface area contributed by atoms with Crippen molar-refractivity contribution in [2.75, 3.05) is 0 Å². The quantitative estimate of drug-likeness (QED) is 0.679. The summed E-state index contributed by atoms with van der Waals surface area (Å²) in [6.07, 6.45) is 7.17. The fourth-order valence-corrected chi connectivity index (χ4v) is 1.73. The number of nitrogens with zero attached hydrogens (tertiary/aromatic N) is 2. The van der Waals surface area contributed by atoms with E-state index < -0.39 is 0 Å². The maximum absolute atomic E-state index is 6.14. The molecule has 0 bridgehead atoms. The summed E-state index contributed by atoms with van der Waals surface area (Å²) in [4.78, 5) is 0. The Morgan fingerprint density at radius 1 is 1.29 bits per heavy atom. The highest BCUT2D eigenvalue weighted by molar-refractivity contribution is 6.20. The van der Waals surface area contributed by atoms with E-state index in [2.05, 4.69) is 32.1 Å². The lowest BCUT2D eigenvalue weighted by Crippen LogP contribution is -2.06. The standard InChI is InChI=1S/C11H19ClN2/c1-4-10(5-2)14-8-9(7-13-14)11(12)6-3/h7-8,10-11H,4-6H2,1-3H3. The van der Waals surface area contributed by atoms with Gasteiger partial charge in [-0.3, -0.25) is 4.68 Å². The van der Waals surface area contributed by atoms with Crippen LogP contribution in [-0.4, -0.2) is 9.78 Å². The van der Waals surface area contributed by atoms with Gasteiger partial charge in [0.15, 0.2) is 0 Å². The second kappa shape index (κ2) is 5.40. The van der Waals surface area contributed by atoms with Crippen LogP contribution in [0.5, 0.6) is 0 Å². The van der Waals surface area contributed by atoms with Crippen LogP contribution in [0, 0.1) is 0 Å². The van der Waals surface area contributed by atoms with Crippen LogP contribution < -0.4 is 0 Å². The van der Waals surface area contributed by atoms with E-state index in [1.807, 2.05) is 10.9 Å². The normalized spacial score (nSPS) is 13.5. The lowest BCUT2D eigenvalue weighted by Gasteiger charge is -2.12. The smallest absolute Gasteiger partial charge is 0.0613 e. The third-order valence-corrected chi connectivity index (χ3v) is 3.22. The molecule has 1 rings (SSSR count). The Bertz CT molecular complexity index is 266. The molecule has 1 unspecified atom stereocenters. The van der Waals surface area contributed by atoms with Gasteiger partial charge in [0.05, 0.1) is 17.6 Å². The van der Waals surface area contributed by atoms with Crippen molar-refractivity contribution >= 4 is 11.6 Å². The molecule has 0 aromatic carbocycles. The third-order valence-electron chi connectivity index (χ3n) is 2.66. The highest BCUT2D eigenvalue weighted by Gasteiger charge is 2.11. The maximum atomic E-state index is 6.14. The summed E-state index contributed by atoms with van der Waals surface area (Å²) in [5, 5.41) is 4.47. The van der Waals surface area contributed by atoms with Gasteiger partial charge in [0, 0.05) is 11.8 Å². The Morgan fingerprint density at radius 3 is 2.43 bits per heavy atom. The van der Waals surface area contributed by atoms with Gasteiger partial charge in [0.25, 0.3) is 0 Å². The molecule has 0 aliphatic heterocycles. The van der Waals surface area contributed by atoms with Crippen LogP contribution in [-0.2, 0) is 0 Å². The summed E-state index contributed by atoms with van der Waals surface area (Å²) in [7, 11) is 0. The molecule has 0 amide bonds. The second-order valence-corrected chi connectivity index (χ2v) is 4.13. The first kappa shape index (κ1) is 11.6. The molecule has 80 valence electrons. The predicted molar refractivity (Wildman–Crippen MR) is 60.7 cm³/mol. The molecule has 2 nitrogen and oxygen atoms in total. The molecule has 0 saturated carbocycles. The van der Waals surface area contributed by atoms with Crippen LogP contribution >= 0.6 is 11.6 Å². The van der Waals surface area contributed by atoms with Gasteiger partial charge < -0.3 is 0 Å². The Hall–Kier alpha value is -0.500. The lowest BCUT2D eigenvalue weighted by atomic mass is 10.2. The molecule has 0 radical (unpaired) electrons. The summed E-state index contributed by atoms with van der Waals surface area (Å²) in [6, 6.07) is 0.518. The van der Waals surface area contributed by atoms with E-state index in [0.717, 1.165) is 24.8 Å². The number of halogens is 1. The Kier molecular flexibility index (Phi) is 4.46. The average Bonchev–Trinajstić information content (AvgIpc) is 2.68. The number of alkyl halides is 1. The van der Waals surface area contributed by atoms with E-state index in [0.29, 0.717) is 6.04 Å². The molecule has 0 aliphatic rings. The minimum absolute atomic E-state index is 0.109. The Balaban J connectivity index is 2.76. The first-order chi connectivity index (χ1) is 6.72. The minimum atomic E-state index is 0.109. The van der Waals surface area contributed by atoms with E-state index in [1.54, 1.807) is 0 Å². The van der Waals surface area contributed by atoms with Gasteiger partial charge in [-0.1, -0.05) is 20.8 Å². The summed E-state index contributed by atoms with van der Waals surface area (Å²) in [5.74, 6) is 0. The van der Waals surface area contributed by atoms with Crippen molar-refractivity contribution < 1.29 is 0 Å². The van der Waals surface area contributed by atoms with E-state index in [4.69, 9.17) is 11.6 Å². The highest BCUT2D eigenvalue weighted by atomic mass is 35.5. The average molecular weight is 215 g/mol. The van der Waals surface area contributed by atoms with Crippen molar-refractivity contribution in [3.63, 3.8) is 0 Å². The zero-order chi connectivity index (χ0) is 10.6. The fourth-order valence-electron chi connectivity index (χ4n) is 1.61. The molecule has 0 saturated heterocycles. The number of aromatic nitrogens is 2. The SMILES string of the molecule is CCC(Cl)c1cnn(C(CC)CC)c1. The van der Waals surface area contributed by atoms with Crippen molar-refractivity contribution in [3.05, 3.63) is 18.0 Å². The van der Waals surface area contributed by atoms with Crippen LogP contribution in [0.4, 0.5) is 0 Å². The van der Waals surface area contributed by atoms with Gasteiger partial charge in [-0.2, -0.15) is 5.10 Å². The molecule has 0 spiro atoms. The summed E-state index contributed by atoms with van der Waals surface area (Å²) in [6.45, 7) is 6.47. The van der Waals surface area contributed by atoms with Gasteiger partial charge in [-0.05, 0) is 19.3 Å². The van der Waals surface area contributed by atoms with Crippen molar-refractivity contribution in [3.8, 4) is 0 Å². The van der Waals surface area contributed by atoms with Crippen LogP contribution in [0.1, 0.15) is 57.0 Å². The van der Waals surface area contributed by atoms with Crippen LogP contribution in [0.2, 0.25) is 0 Å². The van der Waals surface area contributed by atoms with Gasteiger partial charge in [-0.15, -0.1) is 11.6 Å². The van der Waals surface area contributed by atoms with Crippen LogP contribution in [0.3, 0.4) is 0 Å². The summed E-state index contributed by atoms with van der Waals surface area (Å²) < 4.78 is 2.04. The molecular weight excluding hydrogens is 196 g/mol. The van der Waals surface area contributed by atoms with E-state index in [1.165, 1.54) is 0 Å². The zero-order valence-electron chi connectivity index (χ0n) is 9.20. The van der Waals surface area contributed by atoms with Crippen molar-refractivity contribution in [1.29, 1.82) is 0 Å². The molecule has 0 aliphatic carbocycles. The van der Waals surface area contributed by atoms with Crippen molar-refractivity contribution in [2.24, 2.45) is 0 Å². The molecule has 1 aromatic heterocycles. The number of hydrogen-bond acceptors (Lipinski definition) is 1. The Morgan fingerprint density at radius 2 is 1.93 bits per heavy atom. The van der Waals surface area contributed by atoms with E-state index in [-0.39, 0.29) is 5.38 Å². The highest BCUT2D eigenvalue weighted by Crippen LogP contribution is 2.24. The first-order valence-corrected chi connectivity index (χ1v) is 5.84. The Labute approximate surface area is 91.3 Å². The monoisotopic (exact) mass is 214 g/mol. The lowest BCUT2D eigenvalue weighted by molar-refractivity contribution is 0.428. The number of rotatable bonds is 5. The minimum Gasteiger partial charge on any atom is -0.269 e. The molecule has 1 atom stereocenters. The van der Waals surface area contributed by atoms with E-state index >= 15 is 0 Å². The molecular formula is C11H19ClN2. The van der Waals surface area contributed by atoms with E-state index in [9.17, 15) is 0 Å². The molecule has 0 N–H and O–H groups in total. The second-order valence-electron chi connectivity index (χ2n) is 3.60. The largest absolute Gasteiger partial charge is 0.269 e. The van der Waals surface area contributed by atoms with Crippen LogP contribution in [0.25, 0.3) is 0 Å². The van der Waals surface area contributed by atoms with Gasteiger partial charge in [-0.25, -0.2) is 0 Å². The third kappa shape index (κ3) is 2.50. The van der Waals surface area contributed by atoms with Crippen LogP contribution in [0.15, 0.2) is 12.4 Å². The maximum Gasteiger partial charge on any atom is 0.0613 e. The molecule has 3 heteroatoms. The molecule has 14 heavy (non-hydrogen) atoms. The topological polar surface area (TPSA) is 17.8 Å². The van der Waals surface area contributed by atoms with Crippen molar-refractivity contribution in [2.45, 2.75) is 51.5 Å². The van der Waals surface area contributed by atoms with Gasteiger partial charge >= 0.3 is 0 Å². The number of hydrogen-bond donors (Lipinski definition) is 0. The first-order valence-electron chi connectivity index (χ1n) is 5.40. The van der Waals surface area contributed by atoms with Gasteiger partial charge in [0.1, 0.15) is 0 Å². The molecule has 1 aromatic rings. The van der Waals surface area contributed by atoms with Crippen molar-refractivity contribution in [1.82, 2.24) is 9.78 Å². The fraction of sp³-hybridized carbons (Fsp3) is 0.727. The predicted octanol–water partition coefficient (Wildman–Crippen LogP) is 3.93. The van der Waals surface area contributed by atoms with Gasteiger partial charge in [0.2, 0.25) is 0 Å². The molecule has 1 heterocycles. The summed E-state index contributed by atoms with van der Waals surface area (Å²) >= 11 is 6.14. The molecule has 0 fully saturated rings. The zero-order valence-corrected chi connectivity index (χ0v) is 9.96.